The van der Waals surface area contributed by atoms with E-state index in [1.54, 1.807) is 0 Å². The van der Waals surface area contributed by atoms with Crippen LogP contribution in [0.1, 0.15) is 11.8 Å². The molecular formula is C10H11BrN2O. The van der Waals surface area contributed by atoms with Crippen molar-refractivity contribution in [2.75, 3.05) is 6.54 Å². The largest absolute Gasteiger partial charge is 0.386 e. The van der Waals surface area contributed by atoms with Gasteiger partial charge in [-0.15, -0.1) is 0 Å². The highest BCUT2D eigenvalue weighted by Gasteiger charge is 2.08. The van der Waals surface area contributed by atoms with E-state index in [0.717, 1.165) is 21.1 Å². The summed E-state index contributed by atoms with van der Waals surface area (Å²) in [7, 11) is 0. The maximum absolute atomic E-state index is 9.53. The number of nitrogens with one attached hydrogen (secondary N) is 1. The van der Waals surface area contributed by atoms with Crippen LogP contribution in [0, 0.1) is 0 Å². The molecule has 4 heteroatoms. The Kier molecular flexibility index (Phi) is 2.58. The quantitative estimate of drug-likeness (QED) is 0.767. The fraction of sp³-hybridized carbons (Fsp3) is 0.200. The van der Waals surface area contributed by atoms with E-state index < -0.39 is 6.10 Å². The smallest absolute Gasteiger partial charge is 0.106 e. The minimum absolute atomic E-state index is 0.230. The van der Waals surface area contributed by atoms with Gasteiger partial charge in [0.25, 0.3) is 0 Å². The first-order valence-corrected chi connectivity index (χ1v) is 5.16. The molecule has 4 N–H and O–H groups in total. The molecule has 14 heavy (non-hydrogen) atoms. The Balaban J connectivity index is 2.51. The van der Waals surface area contributed by atoms with E-state index in [9.17, 15) is 5.11 Å². The molecule has 1 atom stereocenters. The van der Waals surface area contributed by atoms with E-state index in [4.69, 9.17) is 5.73 Å². The van der Waals surface area contributed by atoms with Crippen LogP contribution in [0.4, 0.5) is 0 Å². The first-order valence-electron chi connectivity index (χ1n) is 4.37. The fourth-order valence-corrected chi connectivity index (χ4v) is 1.81. The van der Waals surface area contributed by atoms with Crippen molar-refractivity contribution in [3.63, 3.8) is 0 Å². The third kappa shape index (κ3) is 1.68. The molecule has 0 aliphatic carbocycles. The molecule has 0 aliphatic heterocycles. The maximum Gasteiger partial charge on any atom is 0.106 e. The van der Waals surface area contributed by atoms with Crippen molar-refractivity contribution in [3.05, 3.63) is 34.4 Å². The van der Waals surface area contributed by atoms with Crippen molar-refractivity contribution in [1.82, 2.24) is 4.98 Å². The second kappa shape index (κ2) is 3.73. The molecule has 3 nitrogen and oxygen atoms in total. The van der Waals surface area contributed by atoms with Crippen molar-refractivity contribution in [2.24, 2.45) is 5.73 Å². The highest BCUT2D eigenvalue weighted by Crippen LogP contribution is 2.22. The van der Waals surface area contributed by atoms with Gasteiger partial charge >= 0.3 is 0 Å². The second-order valence-corrected chi connectivity index (χ2v) is 4.12. The lowest BCUT2D eigenvalue weighted by molar-refractivity contribution is 0.183. The van der Waals surface area contributed by atoms with Crippen molar-refractivity contribution >= 4 is 26.8 Å². The van der Waals surface area contributed by atoms with Gasteiger partial charge in [-0.05, 0) is 24.3 Å². The van der Waals surface area contributed by atoms with Gasteiger partial charge in [-0.2, -0.15) is 0 Å². The molecule has 0 radical (unpaired) electrons. The molecule has 0 amide bonds. The molecule has 2 rings (SSSR count). The van der Waals surface area contributed by atoms with Gasteiger partial charge in [0.05, 0.1) is 0 Å². The van der Waals surface area contributed by atoms with Crippen LogP contribution in [0.25, 0.3) is 10.9 Å². The molecule has 1 aromatic carbocycles. The molecule has 0 bridgehead atoms. The van der Waals surface area contributed by atoms with Gasteiger partial charge in [0.2, 0.25) is 0 Å². The van der Waals surface area contributed by atoms with Crippen LogP contribution in [0.15, 0.2) is 28.7 Å². The van der Waals surface area contributed by atoms with Gasteiger partial charge in [0.1, 0.15) is 6.10 Å². The van der Waals surface area contributed by atoms with Gasteiger partial charge in [0, 0.05) is 27.6 Å². The van der Waals surface area contributed by atoms with E-state index >= 15 is 0 Å². The average molecular weight is 255 g/mol. The van der Waals surface area contributed by atoms with E-state index in [-0.39, 0.29) is 6.54 Å². The van der Waals surface area contributed by atoms with Crippen LogP contribution in [-0.4, -0.2) is 16.6 Å². The Hall–Kier alpha value is -0.840. The number of hydrogen-bond donors (Lipinski definition) is 3. The molecule has 0 unspecified atom stereocenters. The minimum atomic E-state index is -0.610. The van der Waals surface area contributed by atoms with Crippen LogP contribution in [0.3, 0.4) is 0 Å². The third-order valence-electron chi connectivity index (χ3n) is 2.19. The highest BCUT2D eigenvalue weighted by molar-refractivity contribution is 9.10. The first-order chi connectivity index (χ1) is 6.70. The van der Waals surface area contributed by atoms with E-state index in [0.29, 0.717) is 0 Å². The predicted octanol–water partition coefficient (Wildman–Crippen LogP) is 1.92. The van der Waals surface area contributed by atoms with Crippen LogP contribution in [0.5, 0.6) is 0 Å². The van der Waals surface area contributed by atoms with Crippen LogP contribution >= 0.6 is 15.9 Å². The number of fused-ring (bicyclic) bond motifs is 1. The Morgan fingerprint density at radius 2 is 2.21 bits per heavy atom. The molecule has 0 aliphatic rings. The Morgan fingerprint density at radius 3 is 2.93 bits per heavy atom. The number of benzene rings is 1. The SMILES string of the molecule is NC[C@@H](O)c1cc2cc(Br)ccc2[nH]1. The molecule has 0 spiro atoms. The molecule has 0 saturated heterocycles. The number of nitrogens with two attached hydrogens (primary N) is 1. The van der Waals surface area contributed by atoms with Crippen LogP contribution in [0.2, 0.25) is 0 Å². The van der Waals surface area contributed by atoms with Crippen molar-refractivity contribution in [1.29, 1.82) is 0 Å². The van der Waals surface area contributed by atoms with Gasteiger partial charge in [0.15, 0.2) is 0 Å². The monoisotopic (exact) mass is 254 g/mol. The fourth-order valence-electron chi connectivity index (χ4n) is 1.43. The number of aliphatic hydroxyl groups excluding tert-OH is 1. The molecule has 74 valence electrons. The zero-order chi connectivity index (χ0) is 10.1. The lowest BCUT2D eigenvalue weighted by atomic mass is 10.2. The first kappa shape index (κ1) is 9.71. The summed E-state index contributed by atoms with van der Waals surface area (Å²) in [6.07, 6.45) is -0.610. The summed E-state index contributed by atoms with van der Waals surface area (Å²) in [6.45, 7) is 0.230. The standard InChI is InChI=1S/C10H11BrN2O/c11-7-1-2-8-6(3-7)4-9(13-8)10(14)5-12/h1-4,10,13-14H,5,12H2/t10-/m1/s1. The number of aromatic amines is 1. The van der Waals surface area contributed by atoms with E-state index in [2.05, 4.69) is 20.9 Å². The molecular weight excluding hydrogens is 244 g/mol. The topological polar surface area (TPSA) is 62.0 Å². The average Bonchev–Trinajstić information content (AvgIpc) is 2.59. The lowest BCUT2D eigenvalue weighted by Gasteiger charge is -2.02. The zero-order valence-electron chi connectivity index (χ0n) is 7.50. The Morgan fingerprint density at radius 1 is 1.43 bits per heavy atom. The van der Waals surface area contributed by atoms with Gasteiger partial charge in [-0.3, -0.25) is 0 Å². The van der Waals surface area contributed by atoms with E-state index in [1.165, 1.54) is 0 Å². The molecule has 2 aromatic rings. The predicted molar refractivity (Wildman–Crippen MR) is 60.0 cm³/mol. The summed E-state index contributed by atoms with van der Waals surface area (Å²) in [6, 6.07) is 7.83. The second-order valence-electron chi connectivity index (χ2n) is 3.21. The van der Waals surface area contributed by atoms with Crippen molar-refractivity contribution in [2.45, 2.75) is 6.10 Å². The Bertz CT molecular complexity index is 452. The highest BCUT2D eigenvalue weighted by atomic mass is 79.9. The number of hydrogen-bond acceptors (Lipinski definition) is 2. The minimum Gasteiger partial charge on any atom is -0.386 e. The summed E-state index contributed by atoms with van der Waals surface area (Å²) in [5.41, 5.74) is 7.15. The summed E-state index contributed by atoms with van der Waals surface area (Å²) in [4.78, 5) is 3.12. The number of aromatic nitrogens is 1. The van der Waals surface area contributed by atoms with Crippen LogP contribution < -0.4 is 5.73 Å². The molecule has 0 saturated carbocycles. The van der Waals surface area contributed by atoms with Gasteiger partial charge in [-0.1, -0.05) is 15.9 Å². The normalized spacial score (nSPS) is 13.4. The third-order valence-corrected chi connectivity index (χ3v) is 2.68. The van der Waals surface area contributed by atoms with Gasteiger partial charge in [-0.25, -0.2) is 0 Å². The Labute approximate surface area is 90.1 Å². The van der Waals surface area contributed by atoms with E-state index in [1.807, 2.05) is 24.3 Å². The number of halogens is 1. The summed E-state index contributed by atoms with van der Waals surface area (Å²) >= 11 is 3.39. The molecule has 1 aromatic heterocycles. The summed E-state index contributed by atoms with van der Waals surface area (Å²) in [5.74, 6) is 0. The van der Waals surface area contributed by atoms with Gasteiger partial charge < -0.3 is 15.8 Å². The number of aliphatic hydroxyl groups is 1. The number of H-pyrrole nitrogens is 1. The van der Waals surface area contributed by atoms with Crippen LogP contribution in [-0.2, 0) is 0 Å². The van der Waals surface area contributed by atoms with Crippen molar-refractivity contribution in [3.8, 4) is 0 Å². The number of rotatable bonds is 2. The van der Waals surface area contributed by atoms with Crippen molar-refractivity contribution < 1.29 is 5.11 Å². The summed E-state index contributed by atoms with van der Waals surface area (Å²) in [5, 5.41) is 10.6. The molecule has 0 fully saturated rings. The lowest BCUT2D eigenvalue weighted by Crippen LogP contribution is -2.11. The molecule has 1 heterocycles. The zero-order valence-corrected chi connectivity index (χ0v) is 9.08. The summed E-state index contributed by atoms with van der Waals surface area (Å²) < 4.78 is 1.03. The maximum atomic E-state index is 9.53.